The van der Waals surface area contributed by atoms with Crippen LogP contribution in [0.5, 0.6) is 0 Å². The molecule has 0 aromatic heterocycles. The Hall–Kier alpha value is -2.54. The minimum Gasteiger partial charge on any atom is -0.462 e. The zero-order valence-corrected chi connectivity index (χ0v) is 40.2. The van der Waals surface area contributed by atoms with E-state index in [1.54, 1.807) is 0 Å². The summed E-state index contributed by atoms with van der Waals surface area (Å²) in [5, 5.41) is 72.0. The number of unbranched alkanes of at least 4 members (excludes halogenated alkanes) is 16. The Morgan fingerprint density at radius 2 is 0.955 bits per heavy atom. The van der Waals surface area contributed by atoms with Gasteiger partial charge in [0.05, 0.1) is 19.8 Å². The van der Waals surface area contributed by atoms with E-state index in [0.29, 0.717) is 12.8 Å². The number of rotatable bonds is 38. The van der Waals surface area contributed by atoms with Gasteiger partial charge in [0.1, 0.15) is 55.4 Å². The quantitative estimate of drug-likeness (QED) is 0.0194. The summed E-state index contributed by atoms with van der Waals surface area (Å²) in [7, 11) is 0. The van der Waals surface area contributed by atoms with Gasteiger partial charge in [-0.1, -0.05) is 140 Å². The molecule has 15 nitrogen and oxygen atoms in total. The smallest absolute Gasteiger partial charge is 0.306 e. The summed E-state index contributed by atoms with van der Waals surface area (Å²) in [6, 6.07) is 0. The number of aliphatic hydroxyl groups is 7. The van der Waals surface area contributed by atoms with Gasteiger partial charge in [-0.2, -0.15) is 0 Å². The SMILES string of the molecule is CC/C=C/C/C=C/C/C=C/CCCCCCCC(=O)OC[C@H](CO[C@@H]1O[C@H](CO[C@@H]2O[C@H](CO)[C@H](O)C(O)C2O)[C@H](O)C(O)C1O)OC(=O)CCCCCCCCCCC/C=C/CCCC. The van der Waals surface area contributed by atoms with E-state index in [4.69, 9.17) is 28.4 Å². The Kier molecular flexibility index (Phi) is 34.6. The van der Waals surface area contributed by atoms with Crippen LogP contribution in [-0.2, 0) is 38.0 Å². The minimum atomic E-state index is -1.77. The van der Waals surface area contributed by atoms with Crippen molar-refractivity contribution < 1.29 is 73.8 Å². The molecule has 0 aromatic carbocycles. The lowest BCUT2D eigenvalue weighted by molar-refractivity contribution is -0.332. The van der Waals surface area contributed by atoms with E-state index >= 15 is 0 Å². The summed E-state index contributed by atoms with van der Waals surface area (Å²) in [5.41, 5.74) is 0. The summed E-state index contributed by atoms with van der Waals surface area (Å²) in [6.45, 7) is 2.42. The van der Waals surface area contributed by atoms with Crippen molar-refractivity contribution in [2.45, 2.75) is 235 Å². The first-order chi connectivity index (χ1) is 32.0. The lowest BCUT2D eigenvalue weighted by atomic mass is 9.98. The van der Waals surface area contributed by atoms with Crippen molar-refractivity contribution in [3.05, 3.63) is 48.6 Å². The number of ether oxygens (including phenoxy) is 6. The monoisotopic (exact) mass is 941 g/mol. The molecular formula is C51H88O15. The predicted octanol–water partition coefficient (Wildman–Crippen LogP) is 6.71. The Morgan fingerprint density at radius 1 is 0.500 bits per heavy atom. The van der Waals surface area contributed by atoms with Crippen molar-refractivity contribution in [1.29, 1.82) is 0 Å². The molecule has 0 aromatic rings. The summed E-state index contributed by atoms with van der Waals surface area (Å²) in [6.07, 6.45) is 24.2. The van der Waals surface area contributed by atoms with Crippen molar-refractivity contribution in [2.24, 2.45) is 0 Å². The van der Waals surface area contributed by atoms with Crippen molar-refractivity contribution in [3.63, 3.8) is 0 Å². The van der Waals surface area contributed by atoms with Crippen LogP contribution in [0.25, 0.3) is 0 Å². The molecule has 2 aliphatic rings. The first-order valence-electron chi connectivity index (χ1n) is 25.2. The van der Waals surface area contributed by atoms with Crippen LogP contribution >= 0.6 is 0 Å². The zero-order chi connectivity index (χ0) is 48.2. The highest BCUT2D eigenvalue weighted by Gasteiger charge is 2.47. The lowest BCUT2D eigenvalue weighted by Gasteiger charge is -2.42. The molecule has 0 spiro atoms. The van der Waals surface area contributed by atoms with Gasteiger partial charge in [-0.25, -0.2) is 0 Å². The normalized spacial score (nSPS) is 26.6. The van der Waals surface area contributed by atoms with E-state index in [1.165, 1.54) is 44.9 Å². The van der Waals surface area contributed by atoms with E-state index in [-0.39, 0.29) is 26.1 Å². The van der Waals surface area contributed by atoms with Crippen molar-refractivity contribution in [1.82, 2.24) is 0 Å². The van der Waals surface area contributed by atoms with Crippen molar-refractivity contribution in [3.8, 4) is 0 Å². The summed E-state index contributed by atoms with van der Waals surface area (Å²) >= 11 is 0. The molecule has 0 saturated carbocycles. The van der Waals surface area contributed by atoms with Crippen molar-refractivity contribution in [2.75, 3.05) is 26.4 Å². The molecule has 2 heterocycles. The standard InChI is InChI=1S/C51H88O15/c1-3-5-7-9-11-13-15-17-19-21-23-25-27-29-31-33-42(53)61-36-39(64-43(54)34-32-30-28-26-24-22-20-18-16-14-12-10-8-6-4-2)37-62-50-49(60)47(58)45(56)41(66-50)38-63-51-48(59)46(57)44(55)40(35-52)65-51/h5,7,10-13,17,19,39-41,44-52,55-60H,3-4,6,8-9,14-16,18,20-38H2,1-2H3/b7-5+,12-10+,13-11+,19-17+/t39-,40-,41-,44+,45+,46?,47?,48?,49?,50-,51-/m1/s1. The van der Waals surface area contributed by atoms with E-state index in [0.717, 1.165) is 83.5 Å². The van der Waals surface area contributed by atoms with E-state index in [9.17, 15) is 45.3 Å². The highest BCUT2D eigenvalue weighted by atomic mass is 16.7. The number of carbonyl (C=O) groups excluding carboxylic acids is 2. The Balaban J connectivity index is 1.82. The number of allylic oxidation sites excluding steroid dienone is 8. The third-order valence-corrected chi connectivity index (χ3v) is 11.8. The van der Waals surface area contributed by atoms with Gasteiger partial charge in [-0.05, 0) is 64.2 Å². The summed E-state index contributed by atoms with van der Waals surface area (Å²) in [5.74, 6) is -0.949. The number of carbonyl (C=O) groups is 2. The number of hydrogen-bond acceptors (Lipinski definition) is 15. The maximum atomic E-state index is 13.0. The van der Waals surface area contributed by atoms with Gasteiger partial charge in [0.15, 0.2) is 18.7 Å². The Labute approximate surface area is 395 Å². The highest BCUT2D eigenvalue weighted by molar-refractivity contribution is 5.70. The van der Waals surface area contributed by atoms with E-state index < -0.39 is 92.7 Å². The average Bonchev–Trinajstić information content (AvgIpc) is 3.31. The van der Waals surface area contributed by atoms with Gasteiger partial charge in [0.2, 0.25) is 0 Å². The van der Waals surface area contributed by atoms with E-state index in [1.807, 2.05) is 0 Å². The molecule has 2 rings (SSSR count). The first kappa shape index (κ1) is 59.6. The van der Waals surface area contributed by atoms with Gasteiger partial charge in [0, 0.05) is 12.8 Å². The Morgan fingerprint density at radius 3 is 1.52 bits per heavy atom. The van der Waals surface area contributed by atoms with Crippen LogP contribution in [0.15, 0.2) is 48.6 Å². The molecule has 0 aliphatic carbocycles. The van der Waals surface area contributed by atoms with Crippen LogP contribution in [0.4, 0.5) is 0 Å². The molecule has 7 N–H and O–H groups in total. The molecule has 66 heavy (non-hydrogen) atoms. The molecule has 382 valence electrons. The van der Waals surface area contributed by atoms with Gasteiger partial charge >= 0.3 is 11.9 Å². The molecule has 2 fully saturated rings. The largest absolute Gasteiger partial charge is 0.462 e. The summed E-state index contributed by atoms with van der Waals surface area (Å²) < 4.78 is 33.5. The van der Waals surface area contributed by atoms with Crippen LogP contribution in [0.2, 0.25) is 0 Å². The molecular weight excluding hydrogens is 853 g/mol. The van der Waals surface area contributed by atoms with Crippen LogP contribution in [-0.4, -0.2) is 142 Å². The highest BCUT2D eigenvalue weighted by Crippen LogP contribution is 2.26. The molecule has 2 aliphatic heterocycles. The zero-order valence-electron chi connectivity index (χ0n) is 40.2. The lowest BCUT2D eigenvalue weighted by Crippen LogP contribution is -2.61. The topological polar surface area (TPSA) is 231 Å². The number of aliphatic hydroxyl groups excluding tert-OH is 7. The summed E-state index contributed by atoms with van der Waals surface area (Å²) in [4.78, 5) is 25.7. The van der Waals surface area contributed by atoms with Crippen molar-refractivity contribution >= 4 is 11.9 Å². The third-order valence-electron chi connectivity index (χ3n) is 11.8. The third kappa shape index (κ3) is 26.3. The second-order valence-corrected chi connectivity index (χ2v) is 17.6. The van der Waals surface area contributed by atoms with Crippen LogP contribution in [0, 0.1) is 0 Å². The van der Waals surface area contributed by atoms with Gasteiger partial charge < -0.3 is 64.2 Å². The molecule has 4 unspecified atom stereocenters. The van der Waals surface area contributed by atoms with Gasteiger partial charge in [-0.3, -0.25) is 9.59 Å². The minimum absolute atomic E-state index is 0.158. The maximum absolute atomic E-state index is 13.0. The second-order valence-electron chi connectivity index (χ2n) is 17.6. The fraction of sp³-hybridized carbons (Fsp3) is 0.804. The maximum Gasteiger partial charge on any atom is 0.306 e. The van der Waals surface area contributed by atoms with Gasteiger partial charge in [-0.15, -0.1) is 0 Å². The Bertz CT molecular complexity index is 1340. The fourth-order valence-electron chi connectivity index (χ4n) is 7.62. The van der Waals surface area contributed by atoms with E-state index in [2.05, 4.69) is 62.5 Å². The van der Waals surface area contributed by atoms with Gasteiger partial charge in [0.25, 0.3) is 0 Å². The molecule has 0 amide bonds. The molecule has 2 saturated heterocycles. The van der Waals surface area contributed by atoms with Crippen LogP contribution < -0.4 is 0 Å². The van der Waals surface area contributed by atoms with Crippen LogP contribution in [0.1, 0.15) is 168 Å². The molecule has 0 radical (unpaired) electrons. The van der Waals surface area contributed by atoms with Crippen LogP contribution in [0.3, 0.4) is 0 Å². The first-order valence-corrected chi connectivity index (χ1v) is 25.2. The number of esters is 2. The second kappa shape index (κ2) is 38.3. The predicted molar refractivity (Wildman–Crippen MR) is 252 cm³/mol. The molecule has 11 atom stereocenters. The fourth-order valence-corrected chi connectivity index (χ4v) is 7.62. The molecule has 15 heteroatoms. The average molecular weight is 941 g/mol. The molecule has 0 bridgehead atoms. The number of hydrogen-bond donors (Lipinski definition) is 7.